The smallest absolute Gasteiger partial charge is 0.333 e. The molecule has 0 bridgehead atoms. The predicted molar refractivity (Wildman–Crippen MR) is 317 cm³/mol. The summed E-state index contributed by atoms with van der Waals surface area (Å²) in [5, 5.41) is 0.460. The molecular formula is C59H82N3O20S3+. The molecule has 1 unspecified atom stereocenters. The third-order valence-corrected chi connectivity index (χ3v) is 17.4. The van der Waals surface area contributed by atoms with Crippen molar-refractivity contribution >= 4 is 76.4 Å². The van der Waals surface area contributed by atoms with Crippen LogP contribution in [0.4, 0.5) is 11.4 Å². The number of hydroxylamine groups is 2. The minimum absolute atomic E-state index is 0.0376. The van der Waals surface area contributed by atoms with E-state index in [-0.39, 0.29) is 58.0 Å². The van der Waals surface area contributed by atoms with Gasteiger partial charge in [-0.25, -0.2) is 4.79 Å². The van der Waals surface area contributed by atoms with Crippen molar-refractivity contribution in [2.75, 3.05) is 110 Å². The maximum atomic E-state index is 13.0. The van der Waals surface area contributed by atoms with Gasteiger partial charge in [0.05, 0.1) is 80.2 Å². The summed E-state index contributed by atoms with van der Waals surface area (Å²) in [5.74, 6) is -1.95. The van der Waals surface area contributed by atoms with Gasteiger partial charge >= 0.3 is 5.97 Å². The lowest BCUT2D eigenvalue weighted by atomic mass is 9.75. The molecule has 2 amide bonds. The number of anilines is 1. The number of hydrogen-bond acceptors (Lipinski definition) is 18. The van der Waals surface area contributed by atoms with Gasteiger partial charge in [0.1, 0.15) is 18.1 Å². The fraction of sp³-hybridized carbons (Fsp3) is 0.559. The van der Waals surface area contributed by atoms with E-state index in [1.165, 1.54) is 18.2 Å². The van der Waals surface area contributed by atoms with Gasteiger partial charge in [0, 0.05) is 106 Å². The van der Waals surface area contributed by atoms with E-state index in [4.69, 9.17) is 38.0 Å². The molecule has 0 radical (unpaired) electrons. The summed E-state index contributed by atoms with van der Waals surface area (Å²) in [5.41, 5.74) is 3.31. The number of rotatable bonds is 35. The van der Waals surface area contributed by atoms with Gasteiger partial charge in [0.15, 0.2) is 5.71 Å². The molecular weight excluding hydrogens is 1170 g/mol. The number of nitrogens with zero attached hydrogens (tertiary/aromatic N) is 3. The fourth-order valence-electron chi connectivity index (χ4n) is 10.7. The van der Waals surface area contributed by atoms with Crippen molar-refractivity contribution in [3.05, 3.63) is 95.3 Å². The Morgan fingerprint density at radius 1 is 0.741 bits per heavy atom. The first-order valence-electron chi connectivity index (χ1n) is 28.2. The van der Waals surface area contributed by atoms with Crippen molar-refractivity contribution in [2.24, 2.45) is 5.41 Å². The summed E-state index contributed by atoms with van der Waals surface area (Å²) in [6.07, 6.45) is 14.1. The van der Waals surface area contributed by atoms with Crippen LogP contribution < -0.4 is 9.64 Å². The zero-order valence-corrected chi connectivity index (χ0v) is 52.0. The van der Waals surface area contributed by atoms with E-state index in [2.05, 4.69) is 11.0 Å². The second-order valence-electron chi connectivity index (χ2n) is 22.3. The Labute approximate surface area is 499 Å². The molecule has 23 nitrogen and oxygen atoms in total. The first-order chi connectivity index (χ1) is 40.1. The van der Waals surface area contributed by atoms with Gasteiger partial charge in [-0.3, -0.25) is 23.2 Å². The van der Waals surface area contributed by atoms with Crippen molar-refractivity contribution in [1.82, 2.24) is 5.06 Å². The standard InChI is InChI=1S/C59H81N3O20S3/c1-43-42-59(22-26-77-32-34-79-30-28-75-6,23-27-78-33-35-80-31-29-76-7)61(25-13-37-84(69,70)71)50-41-51-47(40-46(43)50)44(38-53(81-51)57(2,3)4)14-9-8-10-15-52-58(5,21-11-16-56(65)82-62-54(63)19-20-55(62)64)48-39-45(85(72,73)74)17-18-49(48)60(52)24-12-36-83(66,67)68/h8-10,14-15,17-18,38-42H,11-13,16,19-37H2,1-7H3,(H2-,66,67,68,69,70,71,72,73,74)/p+1. The average molecular weight is 1250 g/mol. The van der Waals surface area contributed by atoms with E-state index < -0.39 is 80.9 Å². The first kappa shape index (κ1) is 68.6. The van der Waals surface area contributed by atoms with Crippen LogP contribution in [0.15, 0.2) is 83.5 Å². The molecule has 4 aliphatic heterocycles. The van der Waals surface area contributed by atoms with Crippen LogP contribution in [-0.4, -0.2) is 182 Å². The molecule has 85 heavy (non-hydrogen) atoms. The van der Waals surface area contributed by atoms with Gasteiger partial charge < -0.3 is 42.9 Å². The molecule has 1 atom stereocenters. The lowest BCUT2D eigenvalue weighted by Crippen LogP contribution is -2.52. The van der Waals surface area contributed by atoms with Crippen LogP contribution >= 0.6 is 0 Å². The van der Waals surface area contributed by atoms with Crippen LogP contribution in [0.5, 0.6) is 5.75 Å². The average Bonchev–Trinajstić information content (AvgIpc) is 1.97. The molecule has 26 heteroatoms. The normalized spacial score (nSPS) is 18.6. The second kappa shape index (κ2) is 30.4. The molecule has 3 N–H and O–H groups in total. The summed E-state index contributed by atoms with van der Waals surface area (Å²) >= 11 is 0. The molecule has 0 aromatic heterocycles. The SMILES string of the molecule is COCCOCCOCCC1(CCOCCOCCOC)C=C(C)c2cc3c(cc2N1CCCS(=O)(=O)O)OC(C(C)(C)C)=C\C3=C/C=C/C=C/C1=[N+](CCCS(=O)(=O)O)c2ccc(S(=O)(=O)O)cc2C1(C)CCCC(=O)ON1C(=O)CCC1=O. The molecule has 0 aliphatic carbocycles. The van der Waals surface area contributed by atoms with Crippen LogP contribution in [-0.2, 0) is 83.4 Å². The Hall–Kier alpha value is -5.49. The number of ether oxygens (including phenoxy) is 7. The molecule has 0 saturated carbocycles. The maximum Gasteiger partial charge on any atom is 0.333 e. The Bertz CT molecular complexity index is 3230. The van der Waals surface area contributed by atoms with E-state index in [9.17, 15) is 53.3 Å². The summed E-state index contributed by atoms with van der Waals surface area (Å²) in [7, 11) is -10.2. The van der Waals surface area contributed by atoms with E-state index in [0.29, 0.717) is 112 Å². The molecule has 4 heterocycles. The maximum absolute atomic E-state index is 13.0. The number of carbonyl (C=O) groups excluding carboxylic acids is 3. The number of imide groups is 1. The molecule has 470 valence electrons. The summed E-state index contributed by atoms with van der Waals surface area (Å²) in [6.45, 7) is 14.0. The number of fused-ring (bicyclic) bond motifs is 3. The number of allylic oxidation sites excluding steroid dienone is 9. The predicted octanol–water partition coefficient (Wildman–Crippen LogP) is 7.24. The fourth-order valence-corrected chi connectivity index (χ4v) is 12.2. The van der Waals surface area contributed by atoms with Crippen LogP contribution in [0.2, 0.25) is 0 Å². The van der Waals surface area contributed by atoms with Crippen LogP contribution in [0.25, 0.3) is 11.1 Å². The highest BCUT2D eigenvalue weighted by Gasteiger charge is 2.48. The highest BCUT2D eigenvalue weighted by Crippen LogP contribution is 2.50. The molecule has 0 spiro atoms. The van der Waals surface area contributed by atoms with Crippen molar-refractivity contribution in [3.8, 4) is 5.75 Å². The summed E-state index contributed by atoms with van der Waals surface area (Å²) < 4.78 is 145. The zero-order chi connectivity index (χ0) is 62.2. The number of methoxy groups -OCH3 is 2. The van der Waals surface area contributed by atoms with Gasteiger partial charge in [-0.05, 0) is 81.4 Å². The summed E-state index contributed by atoms with van der Waals surface area (Å²) in [4.78, 5) is 44.3. The van der Waals surface area contributed by atoms with Gasteiger partial charge in [-0.15, -0.1) is 5.06 Å². The van der Waals surface area contributed by atoms with E-state index >= 15 is 0 Å². The number of benzene rings is 2. The van der Waals surface area contributed by atoms with Crippen molar-refractivity contribution in [1.29, 1.82) is 0 Å². The van der Waals surface area contributed by atoms with Crippen LogP contribution in [0.3, 0.4) is 0 Å². The Kier molecular flexibility index (Phi) is 24.6. The van der Waals surface area contributed by atoms with E-state index in [1.807, 2.05) is 65.0 Å². The molecule has 6 rings (SSSR count). The van der Waals surface area contributed by atoms with Crippen molar-refractivity contribution in [2.45, 2.75) is 108 Å². The first-order valence-corrected chi connectivity index (χ1v) is 32.9. The lowest BCUT2D eigenvalue weighted by Gasteiger charge is -2.48. The van der Waals surface area contributed by atoms with Gasteiger partial charge in [-0.2, -0.15) is 29.8 Å². The second-order valence-corrected chi connectivity index (χ2v) is 26.9. The highest BCUT2D eigenvalue weighted by molar-refractivity contribution is 7.86. The Balaban J connectivity index is 1.38. The Morgan fingerprint density at radius 3 is 1.91 bits per heavy atom. The van der Waals surface area contributed by atoms with E-state index in [0.717, 1.165) is 28.0 Å². The quantitative estimate of drug-likeness (QED) is 0.0201. The molecule has 2 aromatic carbocycles. The van der Waals surface area contributed by atoms with Crippen LogP contribution in [0.1, 0.15) is 109 Å². The van der Waals surface area contributed by atoms with Crippen LogP contribution in [0, 0.1) is 5.41 Å². The largest absolute Gasteiger partial charge is 0.460 e. The Morgan fingerprint density at radius 2 is 1.33 bits per heavy atom. The molecule has 4 aliphatic rings. The van der Waals surface area contributed by atoms with Crippen molar-refractivity contribution in [3.63, 3.8) is 0 Å². The third kappa shape index (κ3) is 19.3. The van der Waals surface area contributed by atoms with E-state index in [1.54, 1.807) is 37.0 Å². The van der Waals surface area contributed by atoms with Crippen molar-refractivity contribution < 1.29 is 95.9 Å². The zero-order valence-electron chi connectivity index (χ0n) is 49.5. The third-order valence-electron chi connectivity index (χ3n) is 14.9. The number of carbonyl (C=O) groups is 3. The van der Waals surface area contributed by atoms with Gasteiger partial charge in [0.2, 0.25) is 5.69 Å². The van der Waals surface area contributed by atoms with Gasteiger partial charge in [-0.1, -0.05) is 51.2 Å². The minimum atomic E-state index is -4.70. The lowest BCUT2D eigenvalue weighted by molar-refractivity contribution is -0.437. The topological polar surface area (TPSA) is 298 Å². The molecule has 1 fully saturated rings. The number of hydrogen-bond donors (Lipinski definition) is 3. The molecule has 1 saturated heterocycles. The summed E-state index contributed by atoms with van der Waals surface area (Å²) in [6, 6.07) is 8.06. The minimum Gasteiger partial charge on any atom is -0.460 e. The number of amides is 2. The highest BCUT2D eigenvalue weighted by atomic mass is 32.2. The molecule has 2 aromatic rings. The monoisotopic (exact) mass is 1250 g/mol. The van der Waals surface area contributed by atoms with Gasteiger partial charge in [0.25, 0.3) is 42.2 Å².